The molecule has 1 amide bonds. The molecule has 0 fully saturated rings. The van der Waals surface area contributed by atoms with Gasteiger partial charge in [0.2, 0.25) is 5.91 Å². The second-order valence-electron chi connectivity index (χ2n) is 9.11. The van der Waals surface area contributed by atoms with Gasteiger partial charge in [0.1, 0.15) is 11.8 Å². The Morgan fingerprint density at radius 2 is 1.61 bits per heavy atom. The van der Waals surface area contributed by atoms with Crippen LogP contribution < -0.4 is 10.4 Å². The normalized spacial score (nSPS) is 12.6. The molecule has 0 spiro atoms. The monoisotopic (exact) mass is 556 g/mol. The van der Waals surface area contributed by atoms with Crippen LogP contribution in [0, 0.1) is 0 Å². The highest BCUT2D eigenvalue weighted by molar-refractivity contribution is 7.90. The van der Waals surface area contributed by atoms with E-state index in [0.717, 1.165) is 3.97 Å². The summed E-state index contributed by atoms with van der Waals surface area (Å²) < 4.78 is 34.6. The molecule has 11 heteroatoms. The number of methoxy groups -OCH3 is 1. The lowest BCUT2D eigenvalue weighted by Gasteiger charge is -2.26. The zero-order valence-corrected chi connectivity index (χ0v) is 23.1. The average molecular weight is 557 g/mol. The van der Waals surface area contributed by atoms with Crippen molar-refractivity contribution in [3.05, 3.63) is 93.9 Å². The van der Waals surface area contributed by atoms with Crippen molar-refractivity contribution in [1.29, 1.82) is 0 Å². The van der Waals surface area contributed by atoms with Gasteiger partial charge in [0, 0.05) is 25.2 Å². The molecular formula is C27H29ClN4O5S. The van der Waals surface area contributed by atoms with Crippen LogP contribution in [0.3, 0.4) is 0 Å². The summed E-state index contributed by atoms with van der Waals surface area (Å²) in [5.41, 5.74) is 0.00108. The fraction of sp³-hybridized carbons (Fsp3) is 0.259. The minimum atomic E-state index is -4.34. The number of hydrogen-bond donors (Lipinski definition) is 0. The Bertz CT molecular complexity index is 1610. The first kappa shape index (κ1) is 27.4. The first-order valence-electron chi connectivity index (χ1n) is 11.8. The van der Waals surface area contributed by atoms with Crippen molar-refractivity contribution in [2.75, 3.05) is 41.3 Å². The number of nitrogens with zero attached hydrogens (tertiary/aromatic N) is 4. The van der Waals surface area contributed by atoms with Crippen molar-refractivity contribution >= 4 is 38.6 Å². The quantitative estimate of drug-likeness (QED) is 0.314. The maximum absolute atomic E-state index is 14.1. The number of halogens is 1. The molecule has 0 aliphatic heterocycles. The molecule has 9 nitrogen and oxygen atoms in total. The van der Waals surface area contributed by atoms with Crippen LogP contribution in [0.5, 0.6) is 5.75 Å². The van der Waals surface area contributed by atoms with Crippen molar-refractivity contribution in [2.24, 2.45) is 0 Å². The predicted octanol–water partition coefficient (Wildman–Crippen LogP) is 3.31. The number of likely N-dealkylation sites (N-methyl/N-ethyl adjacent to an activating group) is 2. The third-order valence-electron chi connectivity index (χ3n) is 6.26. The molecule has 0 bridgehead atoms. The number of imidazole rings is 1. The molecule has 1 atom stereocenters. The summed E-state index contributed by atoms with van der Waals surface area (Å²) in [6, 6.07) is 17.9. The van der Waals surface area contributed by atoms with Gasteiger partial charge in [-0.1, -0.05) is 41.9 Å². The number of hydrogen-bond acceptors (Lipinski definition) is 6. The molecule has 3 aromatic carbocycles. The fourth-order valence-electron chi connectivity index (χ4n) is 4.21. The molecule has 4 rings (SSSR count). The van der Waals surface area contributed by atoms with Gasteiger partial charge in [-0.2, -0.15) is 3.97 Å². The highest BCUT2D eigenvalue weighted by Gasteiger charge is 2.33. The molecule has 200 valence electrons. The number of carbonyl (C=O) groups excluding carboxylic acids is 1. The Morgan fingerprint density at radius 3 is 2.21 bits per heavy atom. The largest absolute Gasteiger partial charge is 0.497 e. The van der Waals surface area contributed by atoms with E-state index >= 15 is 0 Å². The van der Waals surface area contributed by atoms with E-state index in [1.165, 1.54) is 59.0 Å². The van der Waals surface area contributed by atoms with E-state index in [1.807, 2.05) is 19.0 Å². The zero-order chi connectivity index (χ0) is 27.6. The van der Waals surface area contributed by atoms with Crippen LogP contribution in [0.4, 0.5) is 0 Å². The Morgan fingerprint density at radius 1 is 0.947 bits per heavy atom. The van der Waals surface area contributed by atoms with Gasteiger partial charge in [-0.3, -0.25) is 9.36 Å². The summed E-state index contributed by atoms with van der Waals surface area (Å²) >= 11 is 6.31. The molecule has 1 unspecified atom stereocenters. The number of carbonyl (C=O) groups is 1. The van der Waals surface area contributed by atoms with E-state index in [0.29, 0.717) is 29.4 Å². The third kappa shape index (κ3) is 5.20. The first-order valence-corrected chi connectivity index (χ1v) is 13.6. The van der Waals surface area contributed by atoms with Crippen LogP contribution in [-0.2, 0) is 14.8 Å². The molecule has 1 heterocycles. The van der Waals surface area contributed by atoms with Gasteiger partial charge >= 0.3 is 5.69 Å². The number of ether oxygens (including phenoxy) is 1. The molecule has 0 aliphatic rings. The van der Waals surface area contributed by atoms with Crippen LogP contribution in [0.1, 0.15) is 11.6 Å². The predicted molar refractivity (Wildman–Crippen MR) is 148 cm³/mol. The van der Waals surface area contributed by atoms with E-state index in [-0.39, 0.29) is 21.8 Å². The Hall–Kier alpha value is -3.60. The second-order valence-corrected chi connectivity index (χ2v) is 11.3. The van der Waals surface area contributed by atoms with Crippen LogP contribution in [-0.4, -0.2) is 74.0 Å². The van der Waals surface area contributed by atoms with Crippen molar-refractivity contribution in [3.63, 3.8) is 0 Å². The van der Waals surface area contributed by atoms with Gasteiger partial charge in [0.05, 0.1) is 23.0 Å². The molecule has 0 radical (unpaired) electrons. The van der Waals surface area contributed by atoms with Crippen LogP contribution in [0.25, 0.3) is 11.0 Å². The van der Waals surface area contributed by atoms with E-state index in [1.54, 1.807) is 37.4 Å². The molecule has 38 heavy (non-hydrogen) atoms. The summed E-state index contributed by atoms with van der Waals surface area (Å²) in [5, 5.41) is 0.297. The van der Waals surface area contributed by atoms with Gasteiger partial charge in [-0.05, 0) is 62.1 Å². The molecule has 0 saturated carbocycles. The lowest BCUT2D eigenvalue weighted by molar-refractivity contribution is -0.132. The summed E-state index contributed by atoms with van der Waals surface area (Å²) in [5.74, 6) is 0.113. The number of amides is 1. The minimum Gasteiger partial charge on any atom is -0.497 e. The first-order chi connectivity index (χ1) is 18.1. The van der Waals surface area contributed by atoms with Gasteiger partial charge in [-0.25, -0.2) is 13.2 Å². The molecule has 4 aromatic rings. The lowest BCUT2D eigenvalue weighted by Crippen LogP contribution is -2.42. The van der Waals surface area contributed by atoms with Crippen molar-refractivity contribution in [2.45, 2.75) is 10.9 Å². The van der Waals surface area contributed by atoms with E-state index < -0.39 is 21.8 Å². The van der Waals surface area contributed by atoms with Crippen molar-refractivity contribution in [3.8, 4) is 5.75 Å². The highest BCUT2D eigenvalue weighted by Crippen LogP contribution is 2.29. The fourth-order valence-corrected chi connectivity index (χ4v) is 5.77. The van der Waals surface area contributed by atoms with Crippen LogP contribution >= 0.6 is 11.6 Å². The van der Waals surface area contributed by atoms with E-state index in [9.17, 15) is 18.0 Å². The minimum absolute atomic E-state index is 0.0971. The highest BCUT2D eigenvalue weighted by atomic mass is 35.5. The van der Waals surface area contributed by atoms with Crippen molar-refractivity contribution < 1.29 is 17.9 Å². The average Bonchev–Trinajstić information content (AvgIpc) is 3.19. The molecule has 0 aliphatic carbocycles. The molecule has 1 aromatic heterocycles. The summed E-state index contributed by atoms with van der Waals surface area (Å²) in [6.45, 7) is 1.02. The second kappa shape index (κ2) is 11.0. The molecular weight excluding hydrogens is 528 g/mol. The van der Waals surface area contributed by atoms with E-state index in [4.69, 9.17) is 16.3 Å². The number of fused-ring (bicyclic) bond motifs is 1. The summed E-state index contributed by atoms with van der Waals surface area (Å²) in [4.78, 5) is 31.3. The smallest absolute Gasteiger partial charge is 0.344 e. The SMILES string of the molecule is COc1ccc(S(=O)(=O)n2c(=O)n(C(C(=O)N(C)CCN(C)C)c3ccccc3)c3cc(Cl)ccc32)cc1. The maximum Gasteiger partial charge on any atom is 0.344 e. The summed E-state index contributed by atoms with van der Waals surface area (Å²) in [6.07, 6.45) is 0. The van der Waals surface area contributed by atoms with Crippen LogP contribution in [0.2, 0.25) is 5.02 Å². The van der Waals surface area contributed by atoms with Gasteiger partial charge in [0.25, 0.3) is 10.0 Å². The Kier molecular flexibility index (Phi) is 7.96. The third-order valence-corrected chi connectivity index (χ3v) is 8.20. The number of rotatable bonds is 9. The lowest BCUT2D eigenvalue weighted by atomic mass is 10.0. The van der Waals surface area contributed by atoms with Gasteiger partial charge in [0.15, 0.2) is 0 Å². The molecule has 0 N–H and O–H groups in total. The van der Waals surface area contributed by atoms with Gasteiger partial charge in [-0.15, -0.1) is 0 Å². The standard InChI is InChI=1S/C27H29ClN4O5S/c1-29(2)16-17-30(3)26(33)25(19-8-6-5-7-9-19)31-24-18-20(28)10-15-23(24)32(27(31)34)38(35,36)22-13-11-21(37-4)12-14-22/h5-15,18,25H,16-17H2,1-4H3. The molecule has 0 saturated heterocycles. The Labute approximate surface area is 226 Å². The zero-order valence-electron chi connectivity index (χ0n) is 21.5. The Balaban J connectivity index is 1.98. The number of aromatic nitrogens is 2. The van der Waals surface area contributed by atoms with E-state index in [2.05, 4.69) is 0 Å². The van der Waals surface area contributed by atoms with Gasteiger partial charge < -0.3 is 14.5 Å². The topological polar surface area (TPSA) is 93.8 Å². The number of benzene rings is 3. The maximum atomic E-state index is 14.1. The summed E-state index contributed by atoms with van der Waals surface area (Å²) in [7, 11) is 2.59. The van der Waals surface area contributed by atoms with Crippen molar-refractivity contribution in [1.82, 2.24) is 18.3 Å². The van der Waals surface area contributed by atoms with Crippen LogP contribution in [0.15, 0.2) is 82.5 Å².